The van der Waals surface area contributed by atoms with Crippen molar-refractivity contribution >= 4 is 17.4 Å². The first-order chi connectivity index (χ1) is 15.9. The van der Waals surface area contributed by atoms with E-state index in [4.69, 9.17) is 0 Å². The number of alkyl halides is 3. The van der Waals surface area contributed by atoms with Crippen molar-refractivity contribution in [2.24, 2.45) is 34.5 Å². The summed E-state index contributed by atoms with van der Waals surface area (Å²) in [5.74, 6) is 1.35. The first-order valence-electron chi connectivity index (χ1n) is 12.6. The normalized spacial score (nSPS) is 33.3. The van der Waals surface area contributed by atoms with Crippen molar-refractivity contribution in [2.75, 3.05) is 5.32 Å². The van der Waals surface area contributed by atoms with Crippen LogP contribution in [0.3, 0.4) is 0 Å². The number of hydrogen-bond donors (Lipinski definition) is 1. The summed E-state index contributed by atoms with van der Waals surface area (Å²) in [7, 11) is 0. The third-order valence-corrected chi connectivity index (χ3v) is 9.41. The van der Waals surface area contributed by atoms with Gasteiger partial charge in [0.25, 0.3) is 0 Å². The highest BCUT2D eigenvalue weighted by Gasteiger charge is 2.55. The van der Waals surface area contributed by atoms with Gasteiger partial charge in [0, 0.05) is 18.0 Å². The molecule has 1 N–H and O–H groups in total. The summed E-state index contributed by atoms with van der Waals surface area (Å²) >= 11 is 0. The predicted molar refractivity (Wildman–Crippen MR) is 127 cm³/mol. The Bertz CT molecular complexity index is 978. The molecule has 3 aliphatic carbocycles. The van der Waals surface area contributed by atoms with Gasteiger partial charge in [0.2, 0.25) is 5.91 Å². The van der Waals surface area contributed by atoms with Crippen LogP contribution in [-0.2, 0) is 15.8 Å². The average Bonchev–Trinajstić information content (AvgIpc) is 3.07. The highest BCUT2D eigenvalue weighted by molar-refractivity contribution is 5.93. The molecule has 186 valence electrons. The summed E-state index contributed by atoms with van der Waals surface area (Å²) in [6, 6.07) is 4.67. The smallest absolute Gasteiger partial charge is 0.326 e. The maximum Gasteiger partial charge on any atom is 0.416 e. The molecule has 4 rings (SSSR count). The lowest BCUT2D eigenvalue weighted by Gasteiger charge is -2.53. The van der Waals surface area contributed by atoms with Crippen LogP contribution >= 0.6 is 0 Å². The molecule has 0 aromatic heterocycles. The van der Waals surface area contributed by atoms with E-state index in [1.807, 2.05) is 6.08 Å². The van der Waals surface area contributed by atoms with Crippen LogP contribution in [0, 0.1) is 34.5 Å². The van der Waals surface area contributed by atoms with Crippen molar-refractivity contribution in [3.63, 3.8) is 0 Å². The van der Waals surface area contributed by atoms with Crippen LogP contribution in [0.15, 0.2) is 35.9 Å². The van der Waals surface area contributed by atoms with E-state index in [2.05, 4.69) is 33.0 Å². The second-order valence-corrected chi connectivity index (χ2v) is 11.4. The predicted octanol–water partition coefficient (Wildman–Crippen LogP) is 7.43. The van der Waals surface area contributed by atoms with Crippen LogP contribution in [0.4, 0.5) is 18.9 Å². The Labute approximate surface area is 200 Å². The molecule has 3 nitrogen and oxygen atoms in total. The minimum Gasteiger partial charge on any atom is -0.326 e. The molecule has 5 atom stereocenters. The molecule has 1 amide bonds. The van der Waals surface area contributed by atoms with E-state index in [0.717, 1.165) is 50.7 Å². The van der Waals surface area contributed by atoms with Gasteiger partial charge in [0.15, 0.2) is 5.78 Å². The summed E-state index contributed by atoms with van der Waals surface area (Å²) in [4.78, 5) is 25.3. The van der Waals surface area contributed by atoms with E-state index in [-0.39, 0.29) is 28.4 Å². The lowest BCUT2D eigenvalue weighted by Crippen LogP contribution is -2.46. The summed E-state index contributed by atoms with van der Waals surface area (Å²) in [5, 5.41) is 2.87. The second kappa shape index (κ2) is 8.83. The summed E-state index contributed by atoms with van der Waals surface area (Å²) < 4.78 is 38.6. The van der Waals surface area contributed by atoms with Gasteiger partial charge in [-0.05, 0) is 91.0 Å². The lowest BCUT2D eigenvalue weighted by atomic mass is 9.51. The number of carbonyl (C=O) groups is 2. The monoisotopic (exact) mass is 475 g/mol. The molecule has 3 aliphatic rings. The van der Waals surface area contributed by atoms with Gasteiger partial charge >= 0.3 is 6.18 Å². The zero-order valence-electron chi connectivity index (χ0n) is 20.6. The minimum absolute atomic E-state index is 0.0578. The SMILES string of the molecule is CCC1C(C2CC[C@H](C(=O)Nc3ccc(C(F)(F)F)cc3)C2(C)C)CCC2=CC(=O)CC[C@@]21C. The number of anilines is 1. The number of nitrogens with one attached hydrogen (secondary N) is 1. The molecule has 3 unspecified atom stereocenters. The molecule has 0 heterocycles. The Morgan fingerprint density at radius 1 is 1.06 bits per heavy atom. The van der Waals surface area contributed by atoms with E-state index < -0.39 is 11.7 Å². The number of allylic oxidation sites excluding steroid dienone is 2. The quantitative estimate of drug-likeness (QED) is 0.492. The molecule has 2 saturated carbocycles. The molecule has 2 fully saturated rings. The van der Waals surface area contributed by atoms with Gasteiger partial charge in [-0.2, -0.15) is 13.2 Å². The molecule has 34 heavy (non-hydrogen) atoms. The van der Waals surface area contributed by atoms with Crippen LogP contribution in [0.2, 0.25) is 0 Å². The largest absolute Gasteiger partial charge is 0.416 e. The average molecular weight is 476 g/mol. The molecule has 0 radical (unpaired) electrons. The fourth-order valence-electron chi connectivity index (χ4n) is 7.54. The summed E-state index contributed by atoms with van der Waals surface area (Å²) in [6.45, 7) is 8.96. The highest BCUT2D eigenvalue weighted by Crippen LogP contribution is 2.61. The maximum absolute atomic E-state index is 13.2. The van der Waals surface area contributed by atoms with Crippen LogP contribution in [0.5, 0.6) is 0 Å². The number of carbonyl (C=O) groups excluding carboxylic acids is 2. The van der Waals surface area contributed by atoms with Crippen molar-refractivity contribution in [3.05, 3.63) is 41.5 Å². The number of ketones is 1. The number of benzene rings is 1. The number of rotatable bonds is 4. The fraction of sp³-hybridized carbons (Fsp3) is 0.643. The van der Waals surface area contributed by atoms with Crippen LogP contribution in [0.1, 0.15) is 78.2 Å². The third kappa shape index (κ3) is 4.33. The van der Waals surface area contributed by atoms with Crippen molar-refractivity contribution in [1.29, 1.82) is 0 Å². The van der Waals surface area contributed by atoms with Crippen molar-refractivity contribution in [3.8, 4) is 0 Å². The molecule has 1 aromatic carbocycles. The summed E-state index contributed by atoms with van der Waals surface area (Å²) in [6.07, 6.45) is 3.88. The topological polar surface area (TPSA) is 46.2 Å². The molecule has 0 saturated heterocycles. The zero-order valence-corrected chi connectivity index (χ0v) is 20.6. The van der Waals surface area contributed by atoms with E-state index >= 15 is 0 Å². The Hall–Kier alpha value is -2.11. The van der Waals surface area contributed by atoms with Crippen LogP contribution in [-0.4, -0.2) is 11.7 Å². The maximum atomic E-state index is 13.2. The standard InChI is InChI=1S/C28H36F3NO2/c1-5-22-21(11-8-18-16-20(33)14-15-27(18,22)4)23-12-13-24(26(23,2)3)25(34)32-19-9-6-17(7-10-19)28(29,30)31/h6-7,9-10,16,21-24H,5,8,11-15H2,1-4H3,(H,32,34)/t21?,22?,23?,24-,27+/m1/s1. The molecule has 0 bridgehead atoms. The van der Waals surface area contributed by atoms with E-state index in [0.29, 0.717) is 29.9 Å². The summed E-state index contributed by atoms with van der Waals surface area (Å²) in [5.41, 5.74) is 0.842. The van der Waals surface area contributed by atoms with Gasteiger partial charge in [0.1, 0.15) is 0 Å². The molecule has 0 spiro atoms. The van der Waals surface area contributed by atoms with Crippen LogP contribution in [0.25, 0.3) is 0 Å². The minimum atomic E-state index is -4.39. The van der Waals surface area contributed by atoms with Crippen molar-refractivity contribution in [2.45, 2.75) is 78.8 Å². The highest BCUT2D eigenvalue weighted by atomic mass is 19.4. The number of hydrogen-bond acceptors (Lipinski definition) is 2. The van der Waals surface area contributed by atoms with Gasteiger partial charge in [-0.1, -0.05) is 39.7 Å². The van der Waals surface area contributed by atoms with Gasteiger partial charge in [-0.25, -0.2) is 0 Å². The van der Waals surface area contributed by atoms with Gasteiger partial charge in [-0.15, -0.1) is 0 Å². The van der Waals surface area contributed by atoms with Crippen molar-refractivity contribution in [1.82, 2.24) is 0 Å². The van der Waals surface area contributed by atoms with E-state index in [1.165, 1.54) is 17.7 Å². The Kier molecular flexibility index (Phi) is 6.50. The van der Waals surface area contributed by atoms with Gasteiger partial charge in [-0.3, -0.25) is 9.59 Å². The number of fused-ring (bicyclic) bond motifs is 1. The van der Waals surface area contributed by atoms with Gasteiger partial charge < -0.3 is 5.32 Å². The second-order valence-electron chi connectivity index (χ2n) is 11.4. The Morgan fingerprint density at radius 2 is 1.74 bits per heavy atom. The Balaban J connectivity index is 1.50. The van der Waals surface area contributed by atoms with Crippen LogP contribution < -0.4 is 5.32 Å². The first-order valence-corrected chi connectivity index (χ1v) is 12.6. The Morgan fingerprint density at radius 3 is 2.35 bits per heavy atom. The number of amides is 1. The molecule has 6 heteroatoms. The molecular weight excluding hydrogens is 439 g/mol. The third-order valence-electron chi connectivity index (χ3n) is 9.41. The number of halogens is 3. The first kappa shape index (κ1) is 25.0. The lowest BCUT2D eigenvalue weighted by molar-refractivity contribution is -0.137. The molecule has 1 aromatic rings. The van der Waals surface area contributed by atoms with E-state index in [9.17, 15) is 22.8 Å². The molecule has 0 aliphatic heterocycles. The zero-order chi connectivity index (χ0) is 24.9. The fourth-order valence-corrected chi connectivity index (χ4v) is 7.54. The van der Waals surface area contributed by atoms with E-state index in [1.54, 1.807) is 0 Å². The van der Waals surface area contributed by atoms with Crippen molar-refractivity contribution < 1.29 is 22.8 Å². The molecular formula is C28H36F3NO2. The van der Waals surface area contributed by atoms with Gasteiger partial charge in [0.05, 0.1) is 5.56 Å².